The van der Waals surface area contributed by atoms with Crippen molar-refractivity contribution in [1.29, 1.82) is 0 Å². The predicted octanol–water partition coefficient (Wildman–Crippen LogP) is 2.48. The van der Waals surface area contributed by atoms with Gasteiger partial charge in [-0.1, -0.05) is 29.8 Å². The molecule has 0 unspecified atom stereocenters. The fraction of sp³-hybridized carbons (Fsp3) is 0.200. The molecule has 5 rings (SSSR count). The largest absolute Gasteiger partial charge is 0.365 e. The van der Waals surface area contributed by atoms with Gasteiger partial charge in [-0.05, 0) is 24.3 Å². The van der Waals surface area contributed by atoms with Gasteiger partial charge >= 0.3 is 0 Å². The van der Waals surface area contributed by atoms with Gasteiger partial charge in [-0.3, -0.25) is 4.79 Å². The predicted molar refractivity (Wildman–Crippen MR) is 113 cm³/mol. The van der Waals surface area contributed by atoms with Crippen LogP contribution < -0.4 is 15.4 Å². The van der Waals surface area contributed by atoms with Gasteiger partial charge in [0.05, 0.1) is 22.9 Å². The minimum Gasteiger partial charge on any atom is -0.365 e. The van der Waals surface area contributed by atoms with Crippen molar-refractivity contribution in [3.63, 3.8) is 0 Å². The third kappa shape index (κ3) is 3.21. The highest BCUT2D eigenvalue weighted by atomic mass is 35.5. The van der Waals surface area contributed by atoms with E-state index in [0.717, 1.165) is 43.0 Å². The van der Waals surface area contributed by atoms with Crippen LogP contribution in [0.5, 0.6) is 0 Å². The molecule has 1 saturated heterocycles. The first-order chi connectivity index (χ1) is 14.2. The highest BCUT2D eigenvalue weighted by molar-refractivity contribution is 6.33. The summed E-state index contributed by atoms with van der Waals surface area (Å²) in [4.78, 5) is 29.1. The number of rotatable bonds is 3. The number of imidazole rings is 1. The van der Waals surface area contributed by atoms with Crippen molar-refractivity contribution in [3.8, 4) is 5.95 Å². The summed E-state index contributed by atoms with van der Waals surface area (Å²) < 4.78 is 1.20. The Balaban J connectivity index is 1.40. The van der Waals surface area contributed by atoms with Crippen molar-refractivity contribution in [1.82, 2.24) is 24.7 Å². The number of benzene rings is 1. The minimum absolute atomic E-state index is 0.145. The Morgan fingerprint density at radius 3 is 2.48 bits per heavy atom. The lowest BCUT2D eigenvalue weighted by Crippen LogP contribution is -2.47. The van der Waals surface area contributed by atoms with Gasteiger partial charge in [-0.15, -0.1) is 0 Å². The van der Waals surface area contributed by atoms with Gasteiger partial charge in [0.25, 0.3) is 5.56 Å². The molecule has 146 valence electrons. The van der Waals surface area contributed by atoms with E-state index < -0.39 is 5.56 Å². The number of nitrogens with zero attached hydrogens (tertiary/aromatic N) is 6. The van der Waals surface area contributed by atoms with Crippen LogP contribution in [0.1, 0.15) is 0 Å². The van der Waals surface area contributed by atoms with Crippen molar-refractivity contribution >= 4 is 34.1 Å². The topological polar surface area (TPSA) is 82.9 Å². The molecular formula is C20H18ClN7O. The van der Waals surface area contributed by atoms with E-state index in [2.05, 4.69) is 29.9 Å². The Hall–Kier alpha value is -3.39. The monoisotopic (exact) mass is 407 g/mol. The van der Waals surface area contributed by atoms with Gasteiger partial charge in [-0.25, -0.2) is 9.97 Å². The number of halogens is 1. The van der Waals surface area contributed by atoms with Crippen LogP contribution in [0.4, 0.5) is 11.5 Å². The van der Waals surface area contributed by atoms with Gasteiger partial charge in [0.1, 0.15) is 10.8 Å². The normalized spacial score (nSPS) is 14.5. The van der Waals surface area contributed by atoms with E-state index in [0.29, 0.717) is 11.6 Å². The maximum absolute atomic E-state index is 12.9. The molecule has 8 nitrogen and oxygen atoms in total. The smallest absolute Gasteiger partial charge is 0.295 e. The maximum Gasteiger partial charge on any atom is 0.295 e. The Morgan fingerprint density at radius 1 is 0.966 bits per heavy atom. The lowest BCUT2D eigenvalue weighted by Gasteiger charge is -2.36. The van der Waals surface area contributed by atoms with Crippen LogP contribution in [0, 0.1) is 0 Å². The van der Waals surface area contributed by atoms with Crippen molar-refractivity contribution in [2.45, 2.75) is 0 Å². The molecule has 4 aromatic rings. The van der Waals surface area contributed by atoms with Gasteiger partial charge in [0.15, 0.2) is 0 Å². The number of hydrogen-bond acceptors (Lipinski definition) is 6. The number of hydrogen-bond donors (Lipinski definition) is 1. The molecule has 0 saturated carbocycles. The molecule has 9 heteroatoms. The maximum atomic E-state index is 12.9. The molecule has 0 atom stereocenters. The van der Waals surface area contributed by atoms with E-state index in [1.165, 1.54) is 4.68 Å². The summed E-state index contributed by atoms with van der Waals surface area (Å²) in [7, 11) is 0. The van der Waals surface area contributed by atoms with Crippen LogP contribution in [0.15, 0.2) is 59.7 Å². The molecule has 0 amide bonds. The van der Waals surface area contributed by atoms with Crippen LogP contribution in [-0.4, -0.2) is 50.9 Å². The van der Waals surface area contributed by atoms with E-state index in [9.17, 15) is 4.79 Å². The SMILES string of the molecule is O=c1c(Cl)c(N2CCN(c3ccccn3)CC2)cnn1-c1nc2ccccc2[nH]1. The first-order valence-electron chi connectivity index (χ1n) is 9.34. The fourth-order valence-corrected chi connectivity index (χ4v) is 3.80. The van der Waals surface area contributed by atoms with Crippen molar-refractivity contribution in [2.24, 2.45) is 0 Å². The number of piperazine rings is 1. The van der Waals surface area contributed by atoms with Crippen molar-refractivity contribution in [2.75, 3.05) is 36.0 Å². The summed E-state index contributed by atoms with van der Waals surface area (Å²) >= 11 is 6.45. The molecule has 3 aromatic heterocycles. The summed E-state index contributed by atoms with van der Waals surface area (Å²) in [5.74, 6) is 1.31. The Morgan fingerprint density at radius 2 is 1.72 bits per heavy atom. The van der Waals surface area contributed by atoms with Gasteiger partial charge < -0.3 is 14.8 Å². The van der Waals surface area contributed by atoms with Crippen LogP contribution in [0.2, 0.25) is 5.02 Å². The molecule has 1 fully saturated rings. The Bertz CT molecular complexity index is 1180. The second-order valence-electron chi connectivity index (χ2n) is 6.80. The summed E-state index contributed by atoms with van der Waals surface area (Å²) in [6.07, 6.45) is 3.42. The van der Waals surface area contributed by atoms with Gasteiger partial charge in [0.2, 0.25) is 5.95 Å². The van der Waals surface area contributed by atoms with Crippen LogP contribution in [0.25, 0.3) is 17.0 Å². The van der Waals surface area contributed by atoms with Gasteiger partial charge in [-0.2, -0.15) is 9.78 Å². The number of nitrogens with one attached hydrogen (secondary N) is 1. The van der Waals surface area contributed by atoms with Crippen LogP contribution in [0.3, 0.4) is 0 Å². The second kappa shape index (κ2) is 7.21. The molecule has 1 aliphatic rings. The number of fused-ring (bicyclic) bond motifs is 1. The summed E-state index contributed by atoms with van der Waals surface area (Å²) in [6.45, 7) is 3.04. The molecule has 0 aliphatic carbocycles. The number of aromatic nitrogens is 5. The Kier molecular flexibility index (Phi) is 4.40. The summed E-state index contributed by atoms with van der Waals surface area (Å²) in [5, 5.41) is 4.46. The first-order valence-corrected chi connectivity index (χ1v) is 9.72. The van der Waals surface area contributed by atoms with Crippen LogP contribution >= 0.6 is 11.6 Å². The second-order valence-corrected chi connectivity index (χ2v) is 7.18. The molecule has 4 heterocycles. The first kappa shape index (κ1) is 17.7. The Labute approximate surface area is 171 Å². The van der Waals surface area contributed by atoms with E-state index in [4.69, 9.17) is 11.6 Å². The van der Waals surface area contributed by atoms with Crippen molar-refractivity contribution < 1.29 is 0 Å². The zero-order valence-electron chi connectivity index (χ0n) is 15.5. The molecule has 29 heavy (non-hydrogen) atoms. The number of pyridine rings is 1. The zero-order valence-corrected chi connectivity index (χ0v) is 16.3. The molecule has 1 aromatic carbocycles. The number of aromatic amines is 1. The molecule has 0 bridgehead atoms. The quantitative estimate of drug-likeness (QED) is 0.561. The number of para-hydroxylation sites is 2. The van der Waals surface area contributed by atoms with Crippen molar-refractivity contribution in [3.05, 3.63) is 70.2 Å². The molecule has 1 N–H and O–H groups in total. The average Bonchev–Trinajstić information content (AvgIpc) is 3.20. The standard InChI is InChI=1S/C20H18ClN7O/c21-18-16(26-9-11-27(12-10-26)17-7-3-4-8-22-17)13-23-28(19(18)29)20-24-14-5-1-2-6-15(14)25-20/h1-8,13H,9-12H2,(H,24,25). The summed E-state index contributed by atoms with van der Waals surface area (Å²) in [5.41, 5.74) is 1.85. The summed E-state index contributed by atoms with van der Waals surface area (Å²) in [6, 6.07) is 13.4. The molecule has 0 spiro atoms. The zero-order chi connectivity index (χ0) is 19.8. The highest BCUT2D eigenvalue weighted by Gasteiger charge is 2.22. The molecule has 0 radical (unpaired) electrons. The fourth-order valence-electron chi connectivity index (χ4n) is 3.55. The lowest BCUT2D eigenvalue weighted by atomic mass is 10.2. The third-order valence-corrected chi connectivity index (χ3v) is 5.43. The lowest BCUT2D eigenvalue weighted by molar-refractivity contribution is 0.642. The molecular weight excluding hydrogens is 390 g/mol. The average molecular weight is 408 g/mol. The number of H-pyrrole nitrogens is 1. The number of anilines is 2. The highest BCUT2D eigenvalue weighted by Crippen LogP contribution is 2.24. The van der Waals surface area contributed by atoms with E-state index in [1.54, 1.807) is 12.4 Å². The van der Waals surface area contributed by atoms with E-state index >= 15 is 0 Å². The third-order valence-electron chi connectivity index (χ3n) is 5.07. The van der Waals surface area contributed by atoms with E-state index in [-0.39, 0.29) is 5.02 Å². The van der Waals surface area contributed by atoms with Crippen LogP contribution in [-0.2, 0) is 0 Å². The minimum atomic E-state index is -0.393. The van der Waals surface area contributed by atoms with Gasteiger partial charge in [0, 0.05) is 32.4 Å². The van der Waals surface area contributed by atoms with E-state index in [1.807, 2.05) is 42.5 Å². The molecule has 1 aliphatic heterocycles.